The summed E-state index contributed by atoms with van der Waals surface area (Å²) in [5, 5.41) is 14.8. The van der Waals surface area contributed by atoms with Gasteiger partial charge in [0.2, 0.25) is 0 Å². The molecule has 0 heterocycles. The maximum atomic E-state index is 8.25. The van der Waals surface area contributed by atoms with Crippen LogP contribution in [0, 0.1) is 15.3 Å². The molecule has 0 spiro atoms. The number of unbranched alkanes of at least 4 members (excludes halogenated alkanes) is 28. The maximum Gasteiger partial charge on any atom is 0.0786 e. The van der Waals surface area contributed by atoms with Gasteiger partial charge in [0.15, 0.2) is 0 Å². The Morgan fingerprint density at radius 2 is 0.489 bits per heavy atom. The molecule has 0 atom stereocenters. The summed E-state index contributed by atoms with van der Waals surface area (Å²) >= 11 is 0. The van der Waals surface area contributed by atoms with Crippen molar-refractivity contribution in [1.29, 1.82) is 0 Å². The first-order valence-electron chi connectivity index (χ1n) is 20.6. The molecule has 0 saturated carbocycles. The predicted octanol–water partition coefficient (Wildman–Crippen LogP) is 14.1. The smallest absolute Gasteiger partial charge is 0.0786 e. The van der Waals surface area contributed by atoms with Crippen LogP contribution in [0.3, 0.4) is 0 Å². The van der Waals surface area contributed by atoms with E-state index >= 15 is 0 Å². The van der Waals surface area contributed by atoms with Crippen LogP contribution in [0.25, 0.3) is 0 Å². The average Bonchev–Trinajstić information content (AvgIpc) is 3.01. The fourth-order valence-corrected chi connectivity index (χ4v) is 7.26. The summed E-state index contributed by atoms with van der Waals surface area (Å²) in [6.45, 7) is 15.2. The van der Waals surface area contributed by atoms with E-state index in [4.69, 9.17) is 15.3 Å². The molecule has 0 aliphatic heterocycles. The van der Waals surface area contributed by atoms with E-state index in [1.54, 1.807) is 0 Å². The predicted molar refractivity (Wildman–Crippen MR) is 201 cm³/mol. The molecule has 0 saturated heterocycles. The molecule has 0 unspecified atom stereocenters. The van der Waals surface area contributed by atoms with Gasteiger partial charge in [0.25, 0.3) is 0 Å². The van der Waals surface area contributed by atoms with E-state index in [-0.39, 0.29) is 0 Å². The average molecular weight is 641 g/mol. The summed E-state index contributed by atoms with van der Waals surface area (Å²) in [5.41, 5.74) is 0. The van der Waals surface area contributed by atoms with Crippen molar-refractivity contribution in [3.05, 3.63) is 15.3 Å². The van der Waals surface area contributed by atoms with Crippen LogP contribution in [0.2, 0.25) is 0 Å². The summed E-state index contributed by atoms with van der Waals surface area (Å²) in [7, 11) is 0. The van der Waals surface area contributed by atoms with E-state index in [1.807, 2.05) is 0 Å². The van der Waals surface area contributed by atoms with E-state index in [2.05, 4.69) is 27.7 Å². The highest BCUT2D eigenvalue weighted by Crippen LogP contribution is 2.19. The third kappa shape index (κ3) is 39.3. The lowest BCUT2D eigenvalue weighted by atomic mass is 10.0. The Hall–Kier alpha value is -0.840. The second-order valence-corrected chi connectivity index (χ2v) is 14.4. The molecular weight excluding hydrogens is 556 g/mol. The Morgan fingerprint density at radius 3 is 0.667 bits per heavy atom. The van der Waals surface area contributed by atoms with Gasteiger partial charge in [0, 0.05) is 0 Å². The highest BCUT2D eigenvalue weighted by molar-refractivity contribution is 4.54. The molecule has 0 aromatic carbocycles. The van der Waals surface area contributed by atoms with Gasteiger partial charge in [-0.15, -0.1) is 0 Å². The molecule has 0 aliphatic carbocycles. The van der Waals surface area contributed by atoms with Crippen molar-refractivity contribution in [3.63, 3.8) is 0 Å². The van der Waals surface area contributed by atoms with Crippen molar-refractivity contribution in [2.75, 3.05) is 26.2 Å². The fraction of sp³-hybridized carbons (Fsp3) is 1.00. The lowest BCUT2D eigenvalue weighted by molar-refractivity contribution is -0.928. The number of quaternary nitrogens is 1. The Labute approximate surface area is 283 Å². The zero-order valence-corrected chi connectivity index (χ0v) is 31.6. The van der Waals surface area contributed by atoms with Gasteiger partial charge in [-0.1, -0.05) is 195 Å². The van der Waals surface area contributed by atoms with Crippen LogP contribution in [0.1, 0.15) is 233 Å². The maximum absolute atomic E-state index is 8.25. The van der Waals surface area contributed by atoms with Crippen molar-refractivity contribution in [3.8, 4) is 0 Å². The van der Waals surface area contributed by atoms with Crippen molar-refractivity contribution < 1.29 is 9.57 Å². The van der Waals surface area contributed by atoms with Crippen molar-refractivity contribution >= 4 is 0 Å². The molecule has 0 radical (unpaired) electrons. The van der Waals surface area contributed by atoms with E-state index in [9.17, 15) is 0 Å². The molecule has 5 nitrogen and oxygen atoms in total. The molecule has 0 aromatic rings. The first kappa shape index (κ1) is 46.3. The minimum atomic E-state index is -1.75. The van der Waals surface area contributed by atoms with Gasteiger partial charge >= 0.3 is 0 Å². The molecule has 0 rings (SSSR count). The summed E-state index contributed by atoms with van der Waals surface area (Å²) < 4.78 is 1.43. The largest absolute Gasteiger partial charge is 0.356 e. The lowest BCUT2D eigenvalue weighted by Crippen LogP contribution is -2.50. The molecule has 0 aromatic heterocycles. The topological polar surface area (TPSA) is 66.2 Å². The molecule has 0 bridgehead atoms. The van der Waals surface area contributed by atoms with Gasteiger partial charge in [-0.05, 0) is 38.5 Å². The summed E-state index contributed by atoms with van der Waals surface area (Å²) in [4.78, 5) is 8.25. The number of nitrogens with zero attached hydrogens (tertiary/aromatic N) is 2. The van der Waals surface area contributed by atoms with Gasteiger partial charge in [-0.2, -0.15) is 0 Å². The van der Waals surface area contributed by atoms with Crippen LogP contribution >= 0.6 is 0 Å². The molecule has 5 heteroatoms. The first-order valence-corrected chi connectivity index (χ1v) is 20.6. The molecular formula is C40H84N2O3. The Kier molecular flexibility index (Phi) is 40.5. The minimum absolute atomic E-state index is 1.36. The van der Waals surface area contributed by atoms with E-state index in [0.717, 1.165) is 0 Å². The highest BCUT2D eigenvalue weighted by Gasteiger charge is 2.24. The van der Waals surface area contributed by atoms with E-state index < -0.39 is 5.09 Å². The summed E-state index contributed by atoms with van der Waals surface area (Å²) in [6.07, 6.45) is 46.8. The van der Waals surface area contributed by atoms with Crippen LogP contribution in [0.5, 0.6) is 0 Å². The Balaban J connectivity index is 0. The molecule has 272 valence electrons. The van der Waals surface area contributed by atoms with Gasteiger partial charge in [0.05, 0.1) is 31.3 Å². The van der Waals surface area contributed by atoms with Crippen LogP contribution in [0.15, 0.2) is 0 Å². The monoisotopic (exact) mass is 641 g/mol. The summed E-state index contributed by atoms with van der Waals surface area (Å²) in [6, 6.07) is 0. The third-order valence-corrected chi connectivity index (χ3v) is 9.87. The molecule has 45 heavy (non-hydrogen) atoms. The second-order valence-electron chi connectivity index (χ2n) is 14.4. The number of hydrogen-bond acceptors (Lipinski definition) is 3. The Bertz CT molecular complexity index is 512. The molecule has 0 aliphatic rings. The van der Waals surface area contributed by atoms with Crippen LogP contribution in [0.4, 0.5) is 0 Å². The summed E-state index contributed by atoms with van der Waals surface area (Å²) in [5.74, 6) is 0. The van der Waals surface area contributed by atoms with Crippen molar-refractivity contribution in [1.82, 2.24) is 0 Å². The zero-order chi connectivity index (χ0) is 33.5. The zero-order valence-electron chi connectivity index (χ0n) is 31.6. The van der Waals surface area contributed by atoms with Crippen molar-refractivity contribution in [2.24, 2.45) is 0 Å². The van der Waals surface area contributed by atoms with E-state index in [1.165, 1.54) is 236 Å². The molecule has 0 fully saturated rings. The third-order valence-electron chi connectivity index (χ3n) is 9.87. The first-order chi connectivity index (χ1) is 22.0. The molecule has 0 N–H and O–H groups in total. The number of rotatable bonds is 36. The van der Waals surface area contributed by atoms with E-state index in [0.29, 0.717) is 0 Å². The second kappa shape index (κ2) is 39.3. The quantitative estimate of drug-likeness (QED) is 0.0296. The van der Waals surface area contributed by atoms with Gasteiger partial charge in [-0.3, -0.25) is 0 Å². The normalized spacial score (nSPS) is 11.5. The van der Waals surface area contributed by atoms with Gasteiger partial charge in [-0.25, -0.2) is 0 Å². The van der Waals surface area contributed by atoms with Crippen molar-refractivity contribution in [2.45, 2.75) is 233 Å². The number of hydrogen-bond donors (Lipinski definition) is 0. The Morgan fingerprint density at radius 1 is 0.311 bits per heavy atom. The lowest BCUT2D eigenvalue weighted by Gasteiger charge is -2.39. The van der Waals surface area contributed by atoms with Crippen LogP contribution < -0.4 is 0 Å². The molecule has 0 amide bonds. The minimum Gasteiger partial charge on any atom is -0.356 e. The standard InChI is InChI=1S/C40H84N.NO3/c1-5-9-11-13-15-17-19-21-23-25-27-29-31-33-35-39-41(37-7-3,38-8-4)40-36-34-32-30-28-26-24-22-20-18-16-14-12-10-6-2;2-1(3)4/h5-40H2,1-4H3;/q+1;-1. The SMILES string of the molecule is CCCCCCCCCCCCCCCCC[N+](CCC)(CCC)CCCCCCCCCCCCCCCCC.O=[N+]([O-])[O-]. The van der Waals surface area contributed by atoms with Gasteiger partial charge in [0.1, 0.15) is 0 Å². The fourth-order valence-electron chi connectivity index (χ4n) is 7.26. The van der Waals surface area contributed by atoms with Crippen LogP contribution in [-0.2, 0) is 0 Å². The highest BCUT2D eigenvalue weighted by atomic mass is 16.9. The van der Waals surface area contributed by atoms with Gasteiger partial charge < -0.3 is 19.8 Å². The van der Waals surface area contributed by atoms with Crippen LogP contribution in [-0.4, -0.2) is 35.7 Å².